The molecule has 1 atom stereocenters. The first kappa shape index (κ1) is 20.2. The molecule has 1 aromatic heterocycles. The van der Waals surface area contributed by atoms with Gasteiger partial charge in [-0.05, 0) is 18.1 Å². The molecule has 0 aliphatic heterocycles. The molecule has 0 radical (unpaired) electrons. The van der Waals surface area contributed by atoms with Crippen molar-refractivity contribution >= 4 is 23.1 Å². The molecule has 29 heavy (non-hydrogen) atoms. The van der Waals surface area contributed by atoms with Gasteiger partial charge in [-0.2, -0.15) is 4.98 Å². The highest BCUT2D eigenvalue weighted by atomic mass is 16.6. The summed E-state index contributed by atoms with van der Waals surface area (Å²) in [6.07, 6.45) is 0. The molecule has 0 spiro atoms. The van der Waals surface area contributed by atoms with Crippen LogP contribution in [-0.2, 0) is 0 Å². The summed E-state index contributed by atoms with van der Waals surface area (Å²) in [6.45, 7) is 3.97. The first-order chi connectivity index (χ1) is 14.0. The summed E-state index contributed by atoms with van der Waals surface area (Å²) in [4.78, 5) is 19.5. The smallest absolute Gasteiger partial charge is 0.269 e. The third kappa shape index (κ3) is 5.26. The number of anilines is 3. The highest BCUT2D eigenvalue weighted by Crippen LogP contribution is 2.25. The largest absolute Gasteiger partial charge is 0.394 e. The maximum atomic E-state index is 10.8. The number of nitro benzene ring substituents is 1. The Hall–Kier alpha value is -3.52. The zero-order chi connectivity index (χ0) is 20.8. The van der Waals surface area contributed by atoms with Crippen LogP contribution < -0.4 is 10.6 Å². The van der Waals surface area contributed by atoms with Crippen LogP contribution in [0.1, 0.15) is 13.8 Å². The van der Waals surface area contributed by atoms with E-state index in [1.54, 1.807) is 12.1 Å². The van der Waals surface area contributed by atoms with Gasteiger partial charge in [0.25, 0.3) is 5.69 Å². The molecule has 8 heteroatoms. The van der Waals surface area contributed by atoms with E-state index in [2.05, 4.69) is 20.6 Å². The molecule has 1 heterocycles. The van der Waals surface area contributed by atoms with E-state index in [-0.39, 0.29) is 24.3 Å². The van der Waals surface area contributed by atoms with Gasteiger partial charge >= 0.3 is 0 Å². The second-order valence-corrected chi connectivity index (χ2v) is 6.93. The third-order valence-corrected chi connectivity index (χ3v) is 4.46. The number of aliphatic hydroxyl groups excluding tert-OH is 1. The standard InChI is InChI=1S/C21H23N5O3/c1-14(2)19(13-27)24-21-23-18(15-6-4-3-5-7-15)12-20(25-21)22-16-8-10-17(11-9-16)26(28)29/h3-12,14,19,27H,13H2,1-2H3,(H2,22,23,24,25)/t19-/m0/s1. The summed E-state index contributed by atoms with van der Waals surface area (Å²) < 4.78 is 0. The fourth-order valence-corrected chi connectivity index (χ4v) is 2.74. The van der Waals surface area contributed by atoms with Gasteiger partial charge in [0.1, 0.15) is 5.82 Å². The quantitative estimate of drug-likeness (QED) is 0.388. The topological polar surface area (TPSA) is 113 Å². The number of aliphatic hydroxyl groups is 1. The number of nitrogens with zero attached hydrogens (tertiary/aromatic N) is 3. The molecule has 0 bridgehead atoms. The summed E-state index contributed by atoms with van der Waals surface area (Å²) in [5.74, 6) is 1.12. The van der Waals surface area contributed by atoms with Crippen molar-refractivity contribution in [3.8, 4) is 11.3 Å². The summed E-state index contributed by atoms with van der Waals surface area (Å²) >= 11 is 0. The van der Waals surface area contributed by atoms with E-state index in [0.717, 1.165) is 5.56 Å². The van der Waals surface area contributed by atoms with Crippen molar-refractivity contribution in [1.29, 1.82) is 0 Å². The maximum absolute atomic E-state index is 10.8. The van der Waals surface area contributed by atoms with Gasteiger partial charge in [0.15, 0.2) is 0 Å². The van der Waals surface area contributed by atoms with Crippen molar-refractivity contribution in [3.05, 3.63) is 70.8 Å². The Kier molecular flexibility index (Phi) is 6.36. The van der Waals surface area contributed by atoms with E-state index in [9.17, 15) is 15.2 Å². The molecule has 8 nitrogen and oxygen atoms in total. The van der Waals surface area contributed by atoms with Crippen LogP contribution in [0.5, 0.6) is 0 Å². The zero-order valence-corrected chi connectivity index (χ0v) is 16.2. The van der Waals surface area contributed by atoms with Gasteiger partial charge in [0, 0.05) is 29.4 Å². The lowest BCUT2D eigenvalue weighted by atomic mass is 10.1. The number of benzene rings is 2. The fourth-order valence-electron chi connectivity index (χ4n) is 2.74. The van der Waals surface area contributed by atoms with Gasteiger partial charge in [0.05, 0.1) is 23.3 Å². The van der Waals surface area contributed by atoms with Crippen LogP contribution in [0.25, 0.3) is 11.3 Å². The molecule has 0 aliphatic carbocycles. The van der Waals surface area contributed by atoms with E-state index in [0.29, 0.717) is 23.1 Å². The second-order valence-electron chi connectivity index (χ2n) is 6.93. The first-order valence-corrected chi connectivity index (χ1v) is 9.29. The van der Waals surface area contributed by atoms with Gasteiger partial charge < -0.3 is 15.7 Å². The normalized spacial score (nSPS) is 11.9. The minimum Gasteiger partial charge on any atom is -0.394 e. The number of hydrogen-bond donors (Lipinski definition) is 3. The van der Waals surface area contributed by atoms with E-state index >= 15 is 0 Å². The Labute approximate surface area is 168 Å². The Bertz CT molecular complexity index is 962. The lowest BCUT2D eigenvalue weighted by Crippen LogP contribution is -2.30. The van der Waals surface area contributed by atoms with Crippen molar-refractivity contribution in [1.82, 2.24) is 9.97 Å². The molecule has 2 aromatic carbocycles. The SMILES string of the molecule is CC(C)[C@H](CO)Nc1nc(Nc2ccc([N+](=O)[O-])cc2)cc(-c2ccccc2)n1. The van der Waals surface area contributed by atoms with Crippen LogP contribution in [0.2, 0.25) is 0 Å². The molecular weight excluding hydrogens is 370 g/mol. The monoisotopic (exact) mass is 393 g/mol. The number of rotatable bonds is 8. The molecule has 3 rings (SSSR count). The predicted octanol–water partition coefficient (Wildman–Crippen LogP) is 4.22. The van der Waals surface area contributed by atoms with E-state index < -0.39 is 4.92 Å². The maximum Gasteiger partial charge on any atom is 0.269 e. The van der Waals surface area contributed by atoms with Gasteiger partial charge in [-0.25, -0.2) is 4.98 Å². The highest BCUT2D eigenvalue weighted by Gasteiger charge is 2.15. The summed E-state index contributed by atoms with van der Waals surface area (Å²) in [5.41, 5.74) is 2.33. The molecule has 0 saturated carbocycles. The minimum absolute atomic E-state index is 0.0216. The number of hydrogen-bond acceptors (Lipinski definition) is 7. The molecule has 0 amide bonds. The van der Waals surface area contributed by atoms with Crippen molar-refractivity contribution in [2.45, 2.75) is 19.9 Å². The van der Waals surface area contributed by atoms with Crippen molar-refractivity contribution < 1.29 is 10.0 Å². The molecule has 3 aromatic rings. The number of nitrogens with one attached hydrogen (secondary N) is 2. The second kappa shape index (κ2) is 9.11. The molecule has 0 unspecified atom stereocenters. The third-order valence-electron chi connectivity index (χ3n) is 4.46. The van der Waals surface area contributed by atoms with E-state index in [1.165, 1.54) is 12.1 Å². The summed E-state index contributed by atoms with van der Waals surface area (Å²) in [7, 11) is 0. The van der Waals surface area contributed by atoms with Crippen molar-refractivity contribution in [2.24, 2.45) is 5.92 Å². The van der Waals surface area contributed by atoms with Crippen LogP contribution in [0, 0.1) is 16.0 Å². The van der Waals surface area contributed by atoms with Crippen LogP contribution in [0.15, 0.2) is 60.7 Å². The molecule has 0 saturated heterocycles. The van der Waals surface area contributed by atoms with E-state index in [1.807, 2.05) is 50.2 Å². The first-order valence-electron chi connectivity index (χ1n) is 9.29. The van der Waals surface area contributed by atoms with Crippen LogP contribution in [0.3, 0.4) is 0 Å². The lowest BCUT2D eigenvalue weighted by Gasteiger charge is -2.20. The Morgan fingerprint density at radius 2 is 1.76 bits per heavy atom. The van der Waals surface area contributed by atoms with Crippen molar-refractivity contribution in [2.75, 3.05) is 17.2 Å². The average molecular weight is 393 g/mol. The number of nitro groups is 1. The molecule has 3 N–H and O–H groups in total. The Morgan fingerprint density at radius 3 is 2.34 bits per heavy atom. The predicted molar refractivity (Wildman–Crippen MR) is 113 cm³/mol. The molecular formula is C21H23N5O3. The summed E-state index contributed by atoms with van der Waals surface area (Å²) in [6, 6.07) is 17.4. The van der Waals surface area contributed by atoms with Crippen molar-refractivity contribution in [3.63, 3.8) is 0 Å². The van der Waals surface area contributed by atoms with Crippen LogP contribution in [0.4, 0.5) is 23.1 Å². The van der Waals surface area contributed by atoms with Gasteiger partial charge in [-0.1, -0.05) is 44.2 Å². The highest BCUT2D eigenvalue weighted by molar-refractivity contribution is 5.67. The Morgan fingerprint density at radius 1 is 1.07 bits per heavy atom. The van der Waals surface area contributed by atoms with Crippen LogP contribution >= 0.6 is 0 Å². The Balaban J connectivity index is 1.94. The lowest BCUT2D eigenvalue weighted by molar-refractivity contribution is -0.384. The molecule has 0 aliphatic rings. The molecule has 0 fully saturated rings. The summed E-state index contributed by atoms with van der Waals surface area (Å²) in [5, 5.41) is 26.8. The van der Waals surface area contributed by atoms with Crippen LogP contribution in [-0.4, -0.2) is 32.6 Å². The number of non-ortho nitro benzene ring substituents is 1. The molecule has 150 valence electrons. The van der Waals surface area contributed by atoms with E-state index in [4.69, 9.17) is 0 Å². The minimum atomic E-state index is -0.440. The number of aromatic nitrogens is 2. The fraction of sp³-hybridized carbons (Fsp3) is 0.238. The van der Waals surface area contributed by atoms with Gasteiger partial charge in [-0.3, -0.25) is 10.1 Å². The van der Waals surface area contributed by atoms with Gasteiger partial charge in [0.2, 0.25) is 5.95 Å². The van der Waals surface area contributed by atoms with Gasteiger partial charge in [-0.15, -0.1) is 0 Å². The zero-order valence-electron chi connectivity index (χ0n) is 16.2. The average Bonchev–Trinajstić information content (AvgIpc) is 2.72.